The number of nitrogens with zero attached hydrogens (tertiary/aromatic N) is 1. The summed E-state index contributed by atoms with van der Waals surface area (Å²) in [7, 11) is 0. The minimum atomic E-state index is -1.06. The average Bonchev–Trinajstić information content (AvgIpc) is 2.68. The van der Waals surface area contributed by atoms with Gasteiger partial charge >= 0.3 is 0 Å². The molecule has 0 aliphatic heterocycles. The van der Waals surface area contributed by atoms with E-state index < -0.39 is 11.8 Å². The second-order valence-corrected chi connectivity index (χ2v) is 8.30. The summed E-state index contributed by atoms with van der Waals surface area (Å²) in [6.45, 7) is 2.29. The van der Waals surface area contributed by atoms with Gasteiger partial charge in [-0.3, -0.25) is 0 Å². The monoisotopic (exact) mass is 359 g/mol. The highest BCUT2D eigenvalue weighted by molar-refractivity contribution is 5.32. The predicted octanol–water partition coefficient (Wildman–Crippen LogP) is 6.51. The Morgan fingerprint density at radius 1 is 1.00 bits per heavy atom. The van der Waals surface area contributed by atoms with E-state index in [4.69, 9.17) is 0 Å². The Hall–Kier alpha value is -1.43. The molecule has 0 aromatic carbocycles. The maximum Gasteiger partial charge on any atom is 0.248 e. The minimum absolute atomic E-state index is 0.389. The molecule has 2 fully saturated rings. The molecular formula is C23H31F2N. The van der Waals surface area contributed by atoms with Crippen LogP contribution in [0.4, 0.5) is 8.78 Å². The van der Waals surface area contributed by atoms with Crippen molar-refractivity contribution in [1.82, 2.24) is 4.98 Å². The van der Waals surface area contributed by atoms with Crippen LogP contribution in [0.3, 0.4) is 0 Å². The maximum atomic E-state index is 13.2. The molecule has 0 atom stereocenters. The third kappa shape index (κ3) is 5.29. The van der Waals surface area contributed by atoms with Crippen LogP contribution in [0, 0.1) is 47.3 Å². The van der Waals surface area contributed by atoms with Gasteiger partial charge in [0.25, 0.3) is 0 Å². The summed E-state index contributed by atoms with van der Waals surface area (Å²) in [6, 6.07) is 1.14. The lowest BCUT2D eigenvalue weighted by atomic mass is 9.69. The quantitative estimate of drug-likeness (QED) is 0.441. The molecule has 1 aromatic rings. The summed E-state index contributed by atoms with van der Waals surface area (Å²) in [4.78, 5) is 3.40. The van der Waals surface area contributed by atoms with Crippen LogP contribution in [0.15, 0.2) is 12.3 Å². The largest absolute Gasteiger partial charge is 0.248 e. The molecule has 1 nitrogen and oxygen atoms in total. The molecule has 3 heteroatoms. The van der Waals surface area contributed by atoms with Crippen LogP contribution in [-0.4, -0.2) is 4.98 Å². The van der Waals surface area contributed by atoms with Gasteiger partial charge < -0.3 is 0 Å². The van der Waals surface area contributed by atoms with Gasteiger partial charge in [-0.25, -0.2) is 9.37 Å². The molecule has 0 N–H and O–H groups in total. The predicted molar refractivity (Wildman–Crippen MR) is 101 cm³/mol. The van der Waals surface area contributed by atoms with Crippen molar-refractivity contribution >= 4 is 0 Å². The first kappa shape index (κ1) is 19.3. The topological polar surface area (TPSA) is 12.9 Å². The average molecular weight is 360 g/mol. The van der Waals surface area contributed by atoms with Gasteiger partial charge in [0.15, 0.2) is 5.82 Å². The van der Waals surface area contributed by atoms with E-state index in [1.807, 2.05) is 0 Å². The van der Waals surface area contributed by atoms with Gasteiger partial charge in [-0.15, -0.1) is 0 Å². The number of halogens is 2. The Kier molecular flexibility index (Phi) is 7.06. The summed E-state index contributed by atoms with van der Waals surface area (Å²) in [5, 5.41) is 0. The van der Waals surface area contributed by atoms with Crippen LogP contribution in [0.2, 0.25) is 0 Å². The lowest BCUT2D eigenvalue weighted by Crippen LogP contribution is -2.25. The van der Waals surface area contributed by atoms with Crippen molar-refractivity contribution in [2.75, 3.05) is 0 Å². The highest BCUT2D eigenvalue weighted by atomic mass is 19.2. The SMILES string of the molecule is CCCCC1CCC(C2CCC(C#Cc3cnc(F)c(F)c3)CC2)CC1. The number of hydrogen-bond acceptors (Lipinski definition) is 1. The number of pyridine rings is 1. The van der Waals surface area contributed by atoms with Crippen molar-refractivity contribution in [3.05, 3.63) is 29.6 Å². The Labute approximate surface area is 157 Å². The fourth-order valence-corrected chi connectivity index (χ4v) is 4.85. The zero-order valence-corrected chi connectivity index (χ0v) is 15.9. The van der Waals surface area contributed by atoms with Gasteiger partial charge in [0.1, 0.15) is 0 Å². The van der Waals surface area contributed by atoms with Crippen LogP contribution in [-0.2, 0) is 0 Å². The minimum Gasteiger partial charge on any atom is -0.224 e. The Bertz CT molecular complexity index is 629. The van der Waals surface area contributed by atoms with Crippen molar-refractivity contribution in [2.24, 2.45) is 23.7 Å². The zero-order chi connectivity index (χ0) is 18.4. The van der Waals surface area contributed by atoms with Crippen molar-refractivity contribution in [2.45, 2.75) is 77.6 Å². The van der Waals surface area contributed by atoms with Gasteiger partial charge in [-0.1, -0.05) is 50.9 Å². The first-order valence-corrected chi connectivity index (χ1v) is 10.5. The fourth-order valence-electron chi connectivity index (χ4n) is 4.85. The molecule has 0 unspecified atom stereocenters. The summed E-state index contributed by atoms with van der Waals surface area (Å²) in [5.41, 5.74) is 0.469. The van der Waals surface area contributed by atoms with Gasteiger partial charge in [0.2, 0.25) is 5.95 Å². The number of aromatic nitrogens is 1. The van der Waals surface area contributed by atoms with Crippen LogP contribution in [0.5, 0.6) is 0 Å². The molecule has 142 valence electrons. The van der Waals surface area contributed by atoms with E-state index in [1.165, 1.54) is 64.0 Å². The van der Waals surface area contributed by atoms with Crippen molar-refractivity contribution in [3.63, 3.8) is 0 Å². The molecule has 1 heterocycles. The fraction of sp³-hybridized carbons (Fsp3) is 0.696. The molecule has 1 aromatic heterocycles. The Morgan fingerprint density at radius 3 is 2.27 bits per heavy atom. The second-order valence-electron chi connectivity index (χ2n) is 8.30. The number of hydrogen-bond donors (Lipinski definition) is 0. The van der Waals surface area contributed by atoms with E-state index in [-0.39, 0.29) is 0 Å². The molecule has 2 saturated carbocycles. The standard InChI is InChI=1S/C23H31F2N/c1-2-3-4-17-7-11-20(12-8-17)21-13-9-18(10-14-21)5-6-19-15-22(24)23(25)26-16-19/h15-18,20-21H,2-4,7-14H2,1H3. The molecule has 2 aliphatic carbocycles. The summed E-state index contributed by atoms with van der Waals surface area (Å²) < 4.78 is 26.1. The molecule has 0 amide bonds. The van der Waals surface area contributed by atoms with Crippen molar-refractivity contribution in [1.29, 1.82) is 0 Å². The van der Waals surface area contributed by atoms with Crippen LogP contribution >= 0.6 is 0 Å². The lowest BCUT2D eigenvalue weighted by molar-refractivity contribution is 0.153. The van der Waals surface area contributed by atoms with Crippen LogP contribution < -0.4 is 0 Å². The van der Waals surface area contributed by atoms with Gasteiger partial charge in [0.05, 0.1) is 0 Å². The lowest BCUT2D eigenvalue weighted by Gasteiger charge is -2.37. The molecule has 0 spiro atoms. The number of unbranched alkanes of at least 4 members (excludes halogenated alkanes) is 1. The first-order chi connectivity index (χ1) is 12.7. The highest BCUT2D eigenvalue weighted by Crippen LogP contribution is 2.42. The van der Waals surface area contributed by atoms with E-state index in [0.29, 0.717) is 11.5 Å². The summed E-state index contributed by atoms with van der Waals surface area (Å²) >= 11 is 0. The molecule has 0 radical (unpaired) electrons. The van der Waals surface area contributed by atoms with E-state index in [9.17, 15) is 8.78 Å². The van der Waals surface area contributed by atoms with Crippen LogP contribution in [0.1, 0.15) is 83.1 Å². The second kappa shape index (κ2) is 9.49. The summed E-state index contributed by atoms with van der Waals surface area (Å²) in [5.74, 6) is 7.45. The molecule has 0 saturated heterocycles. The van der Waals surface area contributed by atoms with Crippen molar-refractivity contribution in [3.8, 4) is 11.8 Å². The van der Waals surface area contributed by atoms with Crippen LogP contribution in [0.25, 0.3) is 0 Å². The Balaban J connectivity index is 1.43. The summed E-state index contributed by atoms with van der Waals surface area (Å²) in [6.07, 6.45) is 16.0. The molecule has 3 rings (SSSR count). The molecule has 2 aliphatic rings. The Morgan fingerprint density at radius 2 is 1.65 bits per heavy atom. The highest BCUT2D eigenvalue weighted by Gasteiger charge is 2.30. The first-order valence-electron chi connectivity index (χ1n) is 10.5. The van der Waals surface area contributed by atoms with E-state index in [0.717, 1.165) is 36.7 Å². The van der Waals surface area contributed by atoms with E-state index in [1.54, 1.807) is 0 Å². The third-order valence-electron chi connectivity index (χ3n) is 6.51. The zero-order valence-electron chi connectivity index (χ0n) is 15.9. The van der Waals surface area contributed by atoms with Gasteiger partial charge in [0, 0.05) is 17.7 Å². The van der Waals surface area contributed by atoms with Gasteiger partial charge in [-0.2, -0.15) is 4.39 Å². The molecule has 26 heavy (non-hydrogen) atoms. The van der Waals surface area contributed by atoms with E-state index in [2.05, 4.69) is 23.7 Å². The molecular weight excluding hydrogens is 328 g/mol. The van der Waals surface area contributed by atoms with Crippen molar-refractivity contribution < 1.29 is 8.78 Å². The van der Waals surface area contributed by atoms with Gasteiger partial charge in [-0.05, 0) is 62.3 Å². The maximum absolute atomic E-state index is 13.2. The third-order valence-corrected chi connectivity index (χ3v) is 6.51. The normalized spacial score (nSPS) is 29.0. The number of rotatable bonds is 4. The smallest absolute Gasteiger partial charge is 0.224 e. The molecule has 0 bridgehead atoms. The van der Waals surface area contributed by atoms with E-state index >= 15 is 0 Å².